The Kier molecular flexibility index (Phi) is 5.40. The predicted molar refractivity (Wildman–Crippen MR) is 84.9 cm³/mol. The average molecular weight is 380 g/mol. The van der Waals surface area contributed by atoms with Crippen molar-refractivity contribution in [3.63, 3.8) is 0 Å². The van der Waals surface area contributed by atoms with Gasteiger partial charge in [-0.1, -0.05) is 50.7 Å². The van der Waals surface area contributed by atoms with Crippen molar-refractivity contribution in [2.75, 3.05) is 0 Å². The van der Waals surface area contributed by atoms with Crippen molar-refractivity contribution in [2.45, 2.75) is 11.9 Å². The van der Waals surface area contributed by atoms with Crippen molar-refractivity contribution >= 4 is 50.7 Å². The van der Waals surface area contributed by atoms with Crippen LogP contribution in [0, 0.1) is 0 Å². The van der Waals surface area contributed by atoms with Crippen LogP contribution in [0.1, 0.15) is 11.1 Å². The molecule has 0 N–H and O–H groups in total. The summed E-state index contributed by atoms with van der Waals surface area (Å²) in [4.78, 5) is 0. The summed E-state index contributed by atoms with van der Waals surface area (Å²) in [6.45, 7) is 0.362. The highest BCUT2D eigenvalue weighted by Gasteiger charge is 2.06. The summed E-state index contributed by atoms with van der Waals surface area (Å²) in [5, 5.41) is 2.63. The summed E-state index contributed by atoms with van der Waals surface area (Å²) < 4.78 is 5.77. The van der Waals surface area contributed by atoms with Crippen molar-refractivity contribution in [3.05, 3.63) is 62.6 Å². The highest BCUT2D eigenvalue weighted by atomic mass is 79.9. The number of hydrogen-bond donors (Lipinski definition) is 0. The number of halogens is 4. The van der Waals surface area contributed by atoms with Gasteiger partial charge in [0.05, 0.1) is 0 Å². The first kappa shape index (κ1) is 15.0. The Morgan fingerprint density at radius 2 is 1.53 bits per heavy atom. The van der Waals surface area contributed by atoms with E-state index in [4.69, 9.17) is 39.5 Å². The van der Waals surface area contributed by atoms with E-state index in [0.29, 0.717) is 27.0 Å². The molecule has 2 rings (SSSR count). The van der Waals surface area contributed by atoms with Gasteiger partial charge in [-0.3, -0.25) is 0 Å². The van der Waals surface area contributed by atoms with E-state index in [1.54, 1.807) is 24.3 Å². The first-order valence-electron chi connectivity index (χ1n) is 5.51. The lowest BCUT2D eigenvalue weighted by Crippen LogP contribution is -1.98. The molecule has 0 saturated carbocycles. The van der Waals surface area contributed by atoms with Gasteiger partial charge >= 0.3 is 0 Å². The highest BCUT2D eigenvalue weighted by Crippen LogP contribution is 2.27. The van der Waals surface area contributed by atoms with Crippen molar-refractivity contribution in [3.8, 4) is 5.75 Å². The van der Waals surface area contributed by atoms with Gasteiger partial charge in [-0.2, -0.15) is 0 Å². The fraction of sp³-hybridized carbons (Fsp3) is 0.143. The summed E-state index contributed by atoms with van der Waals surface area (Å²) in [6, 6.07) is 10.8. The maximum atomic E-state index is 6.09. The quantitative estimate of drug-likeness (QED) is 0.581. The lowest BCUT2D eigenvalue weighted by Gasteiger charge is -2.11. The fourth-order valence-electron chi connectivity index (χ4n) is 1.60. The molecule has 0 bridgehead atoms. The Morgan fingerprint density at radius 3 is 2.21 bits per heavy atom. The molecule has 2 aromatic carbocycles. The minimum atomic E-state index is 0.362. The molecular formula is C14H10BrCl3O. The van der Waals surface area contributed by atoms with E-state index >= 15 is 0 Å². The monoisotopic (exact) mass is 378 g/mol. The number of rotatable bonds is 4. The van der Waals surface area contributed by atoms with Crippen molar-refractivity contribution in [1.29, 1.82) is 0 Å². The molecule has 19 heavy (non-hydrogen) atoms. The molecule has 0 atom stereocenters. The summed E-state index contributed by atoms with van der Waals surface area (Å²) in [7, 11) is 0. The van der Waals surface area contributed by atoms with Crippen LogP contribution in [0.5, 0.6) is 5.75 Å². The predicted octanol–water partition coefficient (Wildman–Crippen LogP) is 6.12. The Labute approximate surface area is 135 Å². The minimum Gasteiger partial charge on any atom is -0.489 e. The molecule has 1 nitrogen and oxygen atoms in total. The van der Waals surface area contributed by atoms with Gasteiger partial charge in [0, 0.05) is 31.5 Å². The van der Waals surface area contributed by atoms with Crippen molar-refractivity contribution in [1.82, 2.24) is 0 Å². The van der Waals surface area contributed by atoms with E-state index in [2.05, 4.69) is 15.9 Å². The second kappa shape index (κ2) is 6.85. The van der Waals surface area contributed by atoms with Crippen LogP contribution in [0.15, 0.2) is 36.4 Å². The zero-order chi connectivity index (χ0) is 13.8. The molecule has 0 aromatic heterocycles. The molecule has 0 fully saturated rings. The van der Waals surface area contributed by atoms with Crippen molar-refractivity contribution < 1.29 is 4.74 Å². The standard InChI is InChI=1S/C14H10BrCl3O/c15-7-9-5-12(17)2-4-14(9)19-8-10-6-11(16)1-3-13(10)18/h1-6H,7-8H2. The molecule has 0 aliphatic rings. The molecule has 0 heterocycles. The highest BCUT2D eigenvalue weighted by molar-refractivity contribution is 9.08. The third-order valence-corrected chi connectivity index (χ3v) is 4.00. The number of ether oxygens (including phenoxy) is 1. The van der Waals surface area contributed by atoms with Gasteiger partial charge in [0.2, 0.25) is 0 Å². The normalized spacial score (nSPS) is 10.5. The molecule has 0 spiro atoms. The molecule has 5 heteroatoms. The maximum absolute atomic E-state index is 6.09. The number of hydrogen-bond acceptors (Lipinski definition) is 1. The lowest BCUT2D eigenvalue weighted by atomic mass is 10.2. The molecule has 2 aromatic rings. The smallest absolute Gasteiger partial charge is 0.123 e. The van der Waals surface area contributed by atoms with Crippen LogP contribution in [0.2, 0.25) is 15.1 Å². The van der Waals surface area contributed by atoms with Crippen LogP contribution in [0.3, 0.4) is 0 Å². The largest absolute Gasteiger partial charge is 0.489 e. The molecule has 0 unspecified atom stereocenters. The summed E-state index contributed by atoms with van der Waals surface area (Å²) in [5.41, 5.74) is 1.84. The SMILES string of the molecule is Clc1ccc(Cl)c(COc2ccc(Cl)cc2CBr)c1. The molecule has 0 aliphatic heterocycles. The molecular weight excluding hydrogens is 370 g/mol. The van der Waals surface area contributed by atoms with Gasteiger partial charge < -0.3 is 4.74 Å². The first-order valence-corrected chi connectivity index (χ1v) is 7.77. The van der Waals surface area contributed by atoms with Crippen LogP contribution in [-0.4, -0.2) is 0 Å². The van der Waals surface area contributed by atoms with Gasteiger partial charge in [0.15, 0.2) is 0 Å². The lowest BCUT2D eigenvalue weighted by molar-refractivity contribution is 0.304. The van der Waals surface area contributed by atoms with E-state index in [0.717, 1.165) is 16.9 Å². The number of alkyl halides is 1. The van der Waals surface area contributed by atoms with Crippen LogP contribution in [-0.2, 0) is 11.9 Å². The van der Waals surface area contributed by atoms with E-state index in [9.17, 15) is 0 Å². The fourth-order valence-corrected chi connectivity index (χ4v) is 2.60. The first-order chi connectivity index (χ1) is 9.10. The Hall–Kier alpha value is -0.410. The summed E-state index contributed by atoms with van der Waals surface area (Å²) in [6.07, 6.45) is 0. The minimum absolute atomic E-state index is 0.362. The maximum Gasteiger partial charge on any atom is 0.123 e. The molecule has 0 aliphatic carbocycles. The van der Waals surface area contributed by atoms with Crippen LogP contribution in [0.4, 0.5) is 0 Å². The zero-order valence-electron chi connectivity index (χ0n) is 9.80. The number of benzene rings is 2. The van der Waals surface area contributed by atoms with Crippen LogP contribution < -0.4 is 4.74 Å². The topological polar surface area (TPSA) is 9.23 Å². The Morgan fingerprint density at radius 1 is 0.895 bits per heavy atom. The zero-order valence-corrected chi connectivity index (χ0v) is 13.7. The van der Waals surface area contributed by atoms with Crippen LogP contribution >= 0.6 is 50.7 Å². The van der Waals surface area contributed by atoms with E-state index in [1.165, 1.54) is 0 Å². The van der Waals surface area contributed by atoms with Gasteiger partial charge in [-0.15, -0.1) is 0 Å². The molecule has 0 amide bonds. The Balaban J connectivity index is 2.16. The summed E-state index contributed by atoms with van der Waals surface area (Å²) in [5.74, 6) is 0.775. The van der Waals surface area contributed by atoms with Gasteiger partial charge in [-0.25, -0.2) is 0 Å². The third kappa shape index (κ3) is 4.03. The third-order valence-electron chi connectivity index (χ3n) is 2.56. The van der Waals surface area contributed by atoms with E-state index in [-0.39, 0.29) is 0 Å². The van der Waals surface area contributed by atoms with E-state index in [1.807, 2.05) is 12.1 Å². The van der Waals surface area contributed by atoms with E-state index < -0.39 is 0 Å². The molecule has 0 saturated heterocycles. The van der Waals surface area contributed by atoms with Gasteiger partial charge in [-0.05, 0) is 36.4 Å². The molecule has 0 radical (unpaired) electrons. The summed E-state index contributed by atoms with van der Waals surface area (Å²) >= 11 is 21.4. The van der Waals surface area contributed by atoms with Gasteiger partial charge in [0.1, 0.15) is 12.4 Å². The second-order valence-electron chi connectivity index (χ2n) is 3.91. The second-order valence-corrected chi connectivity index (χ2v) is 5.75. The Bertz CT molecular complexity index is 587. The van der Waals surface area contributed by atoms with Gasteiger partial charge in [0.25, 0.3) is 0 Å². The average Bonchev–Trinajstić information content (AvgIpc) is 2.40. The van der Waals surface area contributed by atoms with Crippen LogP contribution in [0.25, 0.3) is 0 Å². The molecule has 100 valence electrons. The van der Waals surface area contributed by atoms with Crippen molar-refractivity contribution in [2.24, 2.45) is 0 Å².